The number of rotatable bonds is 3. The molecule has 104 valence electrons. The second-order valence-corrected chi connectivity index (χ2v) is 6.79. The van der Waals surface area contributed by atoms with Gasteiger partial charge in [0.15, 0.2) is 9.84 Å². The standard InChI is InChI=1S/C12H16N2O4S/c1-8-10(12(15)18-2)3-4-11(13-8)14-9-5-6-19(16,17)7-9/h3-4,9H,5-7H2,1-2H3,(H,13,14). The van der Waals surface area contributed by atoms with Gasteiger partial charge in [-0.2, -0.15) is 0 Å². The van der Waals surface area contributed by atoms with Crippen molar-refractivity contribution in [2.24, 2.45) is 0 Å². The van der Waals surface area contributed by atoms with Gasteiger partial charge < -0.3 is 10.1 Å². The number of aryl methyl sites for hydroxylation is 1. The molecule has 1 aliphatic heterocycles. The monoisotopic (exact) mass is 284 g/mol. The highest BCUT2D eigenvalue weighted by Crippen LogP contribution is 2.18. The van der Waals surface area contributed by atoms with E-state index in [1.54, 1.807) is 19.1 Å². The minimum atomic E-state index is -2.92. The summed E-state index contributed by atoms with van der Waals surface area (Å²) in [5, 5.41) is 3.08. The van der Waals surface area contributed by atoms with Crippen molar-refractivity contribution in [2.75, 3.05) is 23.9 Å². The van der Waals surface area contributed by atoms with Crippen molar-refractivity contribution in [3.05, 3.63) is 23.4 Å². The summed E-state index contributed by atoms with van der Waals surface area (Å²) in [6.07, 6.45) is 0.585. The fraction of sp³-hybridized carbons (Fsp3) is 0.500. The number of pyridine rings is 1. The molecule has 0 saturated carbocycles. The van der Waals surface area contributed by atoms with Gasteiger partial charge in [0, 0.05) is 6.04 Å². The number of anilines is 1. The molecule has 0 bridgehead atoms. The van der Waals surface area contributed by atoms with Crippen molar-refractivity contribution in [3.63, 3.8) is 0 Å². The maximum absolute atomic E-state index is 11.4. The summed E-state index contributed by atoms with van der Waals surface area (Å²) in [6, 6.07) is 3.17. The van der Waals surface area contributed by atoms with Gasteiger partial charge in [0.25, 0.3) is 0 Å². The third-order valence-corrected chi connectivity index (χ3v) is 4.84. The first-order valence-corrected chi connectivity index (χ1v) is 7.76. The van der Waals surface area contributed by atoms with Crippen LogP contribution in [0.5, 0.6) is 0 Å². The average molecular weight is 284 g/mol. The molecule has 7 heteroatoms. The number of hydrogen-bond donors (Lipinski definition) is 1. The maximum Gasteiger partial charge on any atom is 0.339 e. The van der Waals surface area contributed by atoms with Crippen LogP contribution in [0.15, 0.2) is 12.1 Å². The highest BCUT2D eigenvalue weighted by Gasteiger charge is 2.28. The minimum Gasteiger partial charge on any atom is -0.465 e. The Morgan fingerprint density at radius 3 is 2.74 bits per heavy atom. The topological polar surface area (TPSA) is 85.4 Å². The highest BCUT2D eigenvalue weighted by atomic mass is 32.2. The van der Waals surface area contributed by atoms with E-state index in [-0.39, 0.29) is 17.5 Å². The third kappa shape index (κ3) is 3.23. The van der Waals surface area contributed by atoms with Crippen LogP contribution in [0.1, 0.15) is 22.5 Å². The Morgan fingerprint density at radius 1 is 1.47 bits per heavy atom. The molecule has 2 rings (SSSR count). The van der Waals surface area contributed by atoms with E-state index in [0.29, 0.717) is 23.5 Å². The number of carbonyl (C=O) groups is 1. The van der Waals surface area contributed by atoms with E-state index in [1.807, 2.05) is 0 Å². The maximum atomic E-state index is 11.4. The van der Waals surface area contributed by atoms with E-state index < -0.39 is 15.8 Å². The second kappa shape index (κ2) is 5.16. The molecule has 2 heterocycles. The van der Waals surface area contributed by atoms with Crippen LogP contribution in [0, 0.1) is 6.92 Å². The largest absolute Gasteiger partial charge is 0.465 e. The van der Waals surface area contributed by atoms with Crippen molar-refractivity contribution in [2.45, 2.75) is 19.4 Å². The number of carbonyl (C=O) groups excluding carboxylic acids is 1. The Morgan fingerprint density at radius 2 is 2.21 bits per heavy atom. The average Bonchev–Trinajstić information content (AvgIpc) is 2.68. The molecule has 19 heavy (non-hydrogen) atoms. The van der Waals surface area contributed by atoms with E-state index in [2.05, 4.69) is 15.0 Å². The lowest BCUT2D eigenvalue weighted by Crippen LogP contribution is -2.21. The quantitative estimate of drug-likeness (QED) is 0.825. The van der Waals surface area contributed by atoms with Crippen LogP contribution in [-0.2, 0) is 14.6 Å². The van der Waals surface area contributed by atoms with Crippen molar-refractivity contribution >= 4 is 21.6 Å². The minimum absolute atomic E-state index is 0.110. The zero-order valence-corrected chi connectivity index (χ0v) is 11.7. The van der Waals surface area contributed by atoms with Gasteiger partial charge in [-0.3, -0.25) is 0 Å². The number of nitrogens with one attached hydrogen (secondary N) is 1. The lowest BCUT2D eigenvalue weighted by Gasteiger charge is -2.12. The van der Waals surface area contributed by atoms with Crippen LogP contribution >= 0.6 is 0 Å². The van der Waals surface area contributed by atoms with Gasteiger partial charge in [0.1, 0.15) is 5.82 Å². The van der Waals surface area contributed by atoms with Crippen LogP contribution in [0.3, 0.4) is 0 Å². The Balaban J connectivity index is 2.11. The fourth-order valence-electron chi connectivity index (χ4n) is 2.09. The molecule has 0 amide bonds. The fourth-order valence-corrected chi connectivity index (χ4v) is 3.76. The van der Waals surface area contributed by atoms with Crippen molar-refractivity contribution in [3.8, 4) is 0 Å². The third-order valence-electron chi connectivity index (χ3n) is 3.08. The number of esters is 1. The number of sulfone groups is 1. The van der Waals surface area contributed by atoms with Gasteiger partial charge in [0.2, 0.25) is 0 Å². The summed E-state index contributed by atoms with van der Waals surface area (Å²) in [5.74, 6) is 0.489. The molecule has 0 aliphatic carbocycles. The lowest BCUT2D eigenvalue weighted by molar-refractivity contribution is 0.0599. The van der Waals surface area contributed by atoms with E-state index in [1.165, 1.54) is 7.11 Å². The first-order chi connectivity index (χ1) is 8.91. The summed E-state index contributed by atoms with van der Waals surface area (Å²) in [5.41, 5.74) is 0.963. The van der Waals surface area contributed by atoms with Crippen LogP contribution in [0.4, 0.5) is 5.82 Å². The first-order valence-electron chi connectivity index (χ1n) is 5.94. The van der Waals surface area contributed by atoms with E-state index in [0.717, 1.165) is 0 Å². The molecule has 1 aliphatic rings. The molecule has 1 aromatic rings. The van der Waals surface area contributed by atoms with Crippen LogP contribution in [0.2, 0.25) is 0 Å². The van der Waals surface area contributed by atoms with Crippen LogP contribution in [0.25, 0.3) is 0 Å². The molecule has 0 aromatic carbocycles. The molecule has 1 fully saturated rings. The van der Waals surface area contributed by atoms with Gasteiger partial charge in [-0.05, 0) is 25.5 Å². The number of ether oxygens (including phenoxy) is 1. The summed E-state index contributed by atoms with van der Waals surface area (Å²) < 4.78 is 27.4. The first kappa shape index (κ1) is 13.8. The van der Waals surface area contributed by atoms with Crippen molar-refractivity contribution in [1.82, 2.24) is 4.98 Å². The molecular weight excluding hydrogens is 268 g/mol. The zero-order valence-electron chi connectivity index (χ0n) is 10.8. The molecule has 6 nitrogen and oxygen atoms in total. The molecular formula is C12H16N2O4S. The zero-order chi connectivity index (χ0) is 14.0. The molecule has 0 radical (unpaired) electrons. The molecule has 1 unspecified atom stereocenters. The Labute approximate surface area is 112 Å². The lowest BCUT2D eigenvalue weighted by atomic mass is 10.2. The Bertz CT molecular complexity index is 598. The predicted octanol–water partition coefficient (Wildman–Crippen LogP) is 0.776. The Hall–Kier alpha value is -1.63. The van der Waals surface area contributed by atoms with Gasteiger partial charge in [-0.25, -0.2) is 18.2 Å². The normalized spacial score (nSPS) is 21.1. The molecule has 1 atom stereocenters. The number of aromatic nitrogens is 1. The second-order valence-electron chi connectivity index (χ2n) is 4.57. The van der Waals surface area contributed by atoms with E-state index in [9.17, 15) is 13.2 Å². The molecule has 1 saturated heterocycles. The molecule has 0 spiro atoms. The highest BCUT2D eigenvalue weighted by molar-refractivity contribution is 7.91. The Kier molecular flexibility index (Phi) is 3.75. The van der Waals surface area contributed by atoms with E-state index in [4.69, 9.17) is 0 Å². The summed E-state index contributed by atoms with van der Waals surface area (Å²) in [7, 11) is -1.60. The number of methoxy groups -OCH3 is 1. The van der Waals surface area contributed by atoms with Crippen LogP contribution in [-0.4, -0.2) is 44.0 Å². The van der Waals surface area contributed by atoms with Crippen molar-refractivity contribution < 1.29 is 17.9 Å². The van der Waals surface area contributed by atoms with Crippen molar-refractivity contribution in [1.29, 1.82) is 0 Å². The summed E-state index contributed by atoms with van der Waals surface area (Å²) in [6.45, 7) is 1.71. The van der Waals surface area contributed by atoms with Crippen LogP contribution < -0.4 is 5.32 Å². The van der Waals surface area contributed by atoms with Gasteiger partial charge in [-0.1, -0.05) is 0 Å². The van der Waals surface area contributed by atoms with E-state index >= 15 is 0 Å². The molecule has 1 aromatic heterocycles. The SMILES string of the molecule is COC(=O)c1ccc(NC2CCS(=O)(=O)C2)nc1C. The van der Waals surface area contributed by atoms with Gasteiger partial charge >= 0.3 is 5.97 Å². The summed E-state index contributed by atoms with van der Waals surface area (Å²) >= 11 is 0. The van der Waals surface area contributed by atoms with Gasteiger partial charge in [0.05, 0.1) is 29.9 Å². The predicted molar refractivity (Wildman–Crippen MR) is 71.0 cm³/mol. The number of nitrogens with zero attached hydrogens (tertiary/aromatic N) is 1. The summed E-state index contributed by atoms with van der Waals surface area (Å²) in [4.78, 5) is 15.7. The smallest absolute Gasteiger partial charge is 0.339 e. The van der Waals surface area contributed by atoms with Gasteiger partial charge in [-0.15, -0.1) is 0 Å². The molecule has 1 N–H and O–H groups in total. The number of hydrogen-bond acceptors (Lipinski definition) is 6.